The molecule has 1 atom stereocenters. The van der Waals surface area contributed by atoms with Crippen molar-refractivity contribution >= 4 is 0 Å². The highest BCUT2D eigenvalue weighted by molar-refractivity contribution is 4.78. The minimum atomic E-state index is 0.455. The predicted octanol–water partition coefficient (Wildman–Crippen LogP) is 6.21. The normalized spacial score (nSPS) is 25.0. The molecule has 1 unspecified atom stereocenters. The average Bonchev–Trinajstić information content (AvgIpc) is 2.99. The molecule has 0 spiro atoms. The fourth-order valence-corrected chi connectivity index (χ4v) is 3.52. The number of hydrogen-bond donors (Lipinski definition) is 0. The van der Waals surface area contributed by atoms with E-state index in [4.69, 9.17) is 14.2 Å². The van der Waals surface area contributed by atoms with Crippen LogP contribution in [0.1, 0.15) is 81.6 Å². The third-order valence-electron chi connectivity index (χ3n) is 6.46. The van der Waals surface area contributed by atoms with E-state index in [1.807, 2.05) is 0 Å². The Bertz CT molecular complexity index is 381. The Hall–Kier alpha value is -0.120. The van der Waals surface area contributed by atoms with E-state index < -0.39 is 0 Å². The minimum absolute atomic E-state index is 0.455. The van der Waals surface area contributed by atoms with E-state index in [0.29, 0.717) is 16.2 Å². The van der Waals surface area contributed by atoms with Gasteiger partial charge in [-0.05, 0) is 47.3 Å². The van der Waals surface area contributed by atoms with Gasteiger partial charge in [0.2, 0.25) is 0 Å². The van der Waals surface area contributed by atoms with Crippen LogP contribution < -0.4 is 0 Å². The zero-order valence-electron chi connectivity index (χ0n) is 19.8. The van der Waals surface area contributed by atoms with Crippen molar-refractivity contribution in [3.8, 4) is 0 Å². The largest absolute Gasteiger partial charge is 0.381 e. The first-order valence-electron chi connectivity index (χ1n) is 11.0. The summed E-state index contributed by atoms with van der Waals surface area (Å²) in [5.41, 5.74) is 1.42. The Balaban J connectivity index is 0.000000204. The van der Waals surface area contributed by atoms with Gasteiger partial charge in [-0.2, -0.15) is 0 Å². The maximum atomic E-state index is 5.29. The Morgan fingerprint density at radius 3 is 1.00 bits per heavy atom. The van der Waals surface area contributed by atoms with E-state index in [1.54, 1.807) is 0 Å². The average molecular weight is 385 g/mol. The second-order valence-electron chi connectivity index (χ2n) is 11.8. The lowest BCUT2D eigenvalue weighted by atomic mass is 9.76. The first-order chi connectivity index (χ1) is 12.3. The van der Waals surface area contributed by atoms with E-state index in [-0.39, 0.29) is 0 Å². The third kappa shape index (κ3) is 9.76. The van der Waals surface area contributed by atoms with Crippen molar-refractivity contribution in [2.24, 2.45) is 34.0 Å². The second kappa shape index (κ2) is 10.6. The molecule has 0 aromatic heterocycles. The van der Waals surface area contributed by atoms with Crippen LogP contribution in [0, 0.1) is 34.0 Å². The summed E-state index contributed by atoms with van der Waals surface area (Å²) in [6.07, 6.45) is 3.76. The molecule has 0 aliphatic carbocycles. The lowest BCUT2D eigenvalue weighted by Crippen LogP contribution is -2.37. The fraction of sp³-hybridized carbons (Fsp3) is 1.00. The molecule has 27 heavy (non-hydrogen) atoms. The van der Waals surface area contributed by atoms with Crippen LogP contribution in [0.4, 0.5) is 0 Å². The van der Waals surface area contributed by atoms with Crippen molar-refractivity contribution < 1.29 is 14.2 Å². The van der Waals surface area contributed by atoms with Crippen molar-refractivity contribution in [1.82, 2.24) is 0 Å². The van der Waals surface area contributed by atoms with Crippen LogP contribution in [-0.2, 0) is 14.2 Å². The topological polar surface area (TPSA) is 27.7 Å². The van der Waals surface area contributed by atoms with Crippen LogP contribution in [0.3, 0.4) is 0 Å². The van der Waals surface area contributed by atoms with Crippen molar-refractivity contribution in [3.63, 3.8) is 0 Å². The molecule has 3 aliphatic rings. The monoisotopic (exact) mass is 384 g/mol. The Kier molecular flexibility index (Phi) is 9.78. The van der Waals surface area contributed by atoms with Crippen LogP contribution in [0.2, 0.25) is 0 Å². The molecule has 3 fully saturated rings. The maximum absolute atomic E-state index is 5.29. The second-order valence-corrected chi connectivity index (χ2v) is 11.8. The Morgan fingerprint density at radius 2 is 0.815 bits per heavy atom. The van der Waals surface area contributed by atoms with Gasteiger partial charge in [0.25, 0.3) is 0 Å². The highest BCUT2D eigenvalue weighted by atomic mass is 16.5. The molecular formula is C24H48O3. The van der Waals surface area contributed by atoms with Gasteiger partial charge in [-0.3, -0.25) is 0 Å². The first-order valence-corrected chi connectivity index (χ1v) is 11.0. The van der Waals surface area contributed by atoms with Gasteiger partial charge in [0, 0.05) is 32.3 Å². The molecule has 3 aliphatic heterocycles. The molecule has 3 rings (SSSR count). The van der Waals surface area contributed by atoms with Crippen LogP contribution >= 0.6 is 0 Å². The summed E-state index contributed by atoms with van der Waals surface area (Å²) < 4.78 is 15.6. The summed E-state index contributed by atoms with van der Waals surface area (Å²) in [5.74, 6) is 2.47. The number of ether oxygens (including phenoxy) is 3. The highest BCUT2D eigenvalue weighted by Gasteiger charge is 2.30. The quantitative estimate of drug-likeness (QED) is 0.497. The molecule has 0 N–H and O–H groups in total. The van der Waals surface area contributed by atoms with Crippen molar-refractivity contribution in [2.75, 3.05) is 39.6 Å². The Labute approximate surface area is 169 Å². The van der Waals surface area contributed by atoms with Crippen molar-refractivity contribution in [3.05, 3.63) is 0 Å². The van der Waals surface area contributed by atoms with Gasteiger partial charge in [0.1, 0.15) is 0 Å². The van der Waals surface area contributed by atoms with Crippen LogP contribution in [0.25, 0.3) is 0 Å². The summed E-state index contributed by atoms with van der Waals surface area (Å²) in [5, 5.41) is 0. The summed E-state index contributed by atoms with van der Waals surface area (Å²) in [4.78, 5) is 0. The van der Waals surface area contributed by atoms with Crippen LogP contribution in [-0.4, -0.2) is 39.6 Å². The lowest BCUT2D eigenvalue weighted by molar-refractivity contribution is -0.0821. The van der Waals surface area contributed by atoms with E-state index in [1.165, 1.54) is 19.3 Å². The highest BCUT2D eigenvalue weighted by Crippen LogP contribution is 2.33. The van der Waals surface area contributed by atoms with Gasteiger partial charge in [0.05, 0.1) is 13.2 Å². The van der Waals surface area contributed by atoms with Gasteiger partial charge in [-0.1, -0.05) is 62.3 Å². The van der Waals surface area contributed by atoms with Crippen molar-refractivity contribution in [2.45, 2.75) is 81.6 Å². The van der Waals surface area contributed by atoms with Gasteiger partial charge in [0.15, 0.2) is 0 Å². The lowest BCUT2D eigenvalue weighted by Gasteiger charge is -2.37. The molecule has 0 bridgehead atoms. The van der Waals surface area contributed by atoms with Crippen LogP contribution in [0.15, 0.2) is 0 Å². The van der Waals surface area contributed by atoms with E-state index in [0.717, 1.165) is 57.4 Å². The van der Waals surface area contributed by atoms with E-state index in [2.05, 4.69) is 62.3 Å². The summed E-state index contributed by atoms with van der Waals surface area (Å²) >= 11 is 0. The molecule has 0 aromatic rings. The SMILES string of the molecule is CC(C)(C)C1CCOC1.CC(C)(C)C1CCOCC1.CC(C)(C)C1COC1. The predicted molar refractivity (Wildman–Crippen MR) is 115 cm³/mol. The third-order valence-corrected chi connectivity index (χ3v) is 6.46. The standard InChI is InChI=1S/C9H18O.C8H16O.C7H14O/c1-9(2,3)8-4-6-10-7-5-8;1-8(2,3)7-4-5-9-6-7;1-7(2,3)6-4-8-5-6/h8H,4-7H2,1-3H3;7H,4-6H2,1-3H3;6H,4-5H2,1-3H3. The van der Waals surface area contributed by atoms with Crippen LogP contribution in [0.5, 0.6) is 0 Å². The molecule has 3 heterocycles. The minimum Gasteiger partial charge on any atom is -0.381 e. The Morgan fingerprint density at radius 1 is 0.444 bits per heavy atom. The zero-order valence-corrected chi connectivity index (χ0v) is 19.8. The van der Waals surface area contributed by atoms with E-state index >= 15 is 0 Å². The number of hydrogen-bond acceptors (Lipinski definition) is 3. The molecule has 0 saturated carbocycles. The zero-order chi connectivity index (χ0) is 20.7. The smallest absolute Gasteiger partial charge is 0.0521 e. The maximum Gasteiger partial charge on any atom is 0.0521 e. The molecule has 3 saturated heterocycles. The van der Waals surface area contributed by atoms with Crippen molar-refractivity contribution in [1.29, 1.82) is 0 Å². The molecular weight excluding hydrogens is 336 g/mol. The number of rotatable bonds is 0. The van der Waals surface area contributed by atoms with E-state index in [9.17, 15) is 0 Å². The van der Waals surface area contributed by atoms with Gasteiger partial charge >= 0.3 is 0 Å². The van der Waals surface area contributed by atoms with Gasteiger partial charge in [-0.15, -0.1) is 0 Å². The first kappa shape index (κ1) is 24.9. The molecule has 0 radical (unpaired) electrons. The molecule has 3 nitrogen and oxygen atoms in total. The summed E-state index contributed by atoms with van der Waals surface area (Å²) in [6.45, 7) is 26.5. The molecule has 162 valence electrons. The molecule has 3 heteroatoms. The summed E-state index contributed by atoms with van der Waals surface area (Å²) in [6, 6.07) is 0. The molecule has 0 amide bonds. The fourth-order valence-electron chi connectivity index (χ4n) is 3.52. The van der Waals surface area contributed by atoms with Gasteiger partial charge in [-0.25, -0.2) is 0 Å². The summed E-state index contributed by atoms with van der Waals surface area (Å²) in [7, 11) is 0. The van der Waals surface area contributed by atoms with Gasteiger partial charge < -0.3 is 14.2 Å². The molecule has 0 aromatic carbocycles.